The summed E-state index contributed by atoms with van der Waals surface area (Å²) >= 11 is 0. The number of hydrogen-bond acceptors (Lipinski definition) is 6. The van der Waals surface area contributed by atoms with Gasteiger partial charge in [-0.25, -0.2) is 0 Å². The van der Waals surface area contributed by atoms with Crippen LogP contribution < -0.4 is 10.6 Å². The minimum atomic E-state index is -0.870. The van der Waals surface area contributed by atoms with Crippen LogP contribution in [0.5, 0.6) is 0 Å². The van der Waals surface area contributed by atoms with Crippen LogP contribution in [0.15, 0.2) is 0 Å². The van der Waals surface area contributed by atoms with Gasteiger partial charge in [0.05, 0.1) is 12.7 Å². The van der Waals surface area contributed by atoms with Crippen molar-refractivity contribution in [3.8, 4) is 0 Å². The Bertz CT molecular complexity index is 260. The number of nitrogens with one attached hydrogen (secondary N) is 2. The molecule has 0 radical (unpaired) electrons. The third kappa shape index (κ3) is 9.79. The van der Waals surface area contributed by atoms with Crippen LogP contribution >= 0.6 is 0 Å². The summed E-state index contributed by atoms with van der Waals surface area (Å²) in [6, 6.07) is 0. The molecule has 106 valence electrons. The van der Waals surface area contributed by atoms with Crippen LogP contribution in [0, 0.1) is 16.0 Å². The van der Waals surface area contributed by atoms with Crippen LogP contribution in [0.2, 0.25) is 0 Å². The summed E-state index contributed by atoms with van der Waals surface area (Å²) in [5.41, 5.74) is 0. The molecule has 0 aliphatic heterocycles. The number of amides is 1. The van der Waals surface area contributed by atoms with Gasteiger partial charge in [-0.1, -0.05) is 6.92 Å². The number of carbonyl (C=O) groups is 1. The number of rotatable bonds is 10. The standard InChI is InChI=1S/C10H21N3O5/c1-8(3-6-18-13(16)17)10(15)12-5-4-11-7-9(2)14/h8-9,11,14H,3-7H2,1-2H3,(H,12,15). The monoisotopic (exact) mass is 263 g/mol. The fourth-order valence-corrected chi connectivity index (χ4v) is 1.19. The molecule has 18 heavy (non-hydrogen) atoms. The van der Waals surface area contributed by atoms with Crippen molar-refractivity contribution in [2.24, 2.45) is 5.92 Å². The Hall–Kier alpha value is -1.41. The second kappa shape index (κ2) is 9.60. The molecular weight excluding hydrogens is 242 g/mol. The smallest absolute Gasteiger partial charge is 0.294 e. The molecule has 0 aromatic heterocycles. The van der Waals surface area contributed by atoms with Gasteiger partial charge in [0.25, 0.3) is 5.09 Å². The van der Waals surface area contributed by atoms with E-state index >= 15 is 0 Å². The zero-order valence-corrected chi connectivity index (χ0v) is 10.7. The van der Waals surface area contributed by atoms with Gasteiger partial charge in [-0.15, -0.1) is 10.1 Å². The quantitative estimate of drug-likeness (QED) is 0.273. The van der Waals surface area contributed by atoms with E-state index in [0.717, 1.165) is 0 Å². The summed E-state index contributed by atoms with van der Waals surface area (Å²) < 4.78 is 0. The van der Waals surface area contributed by atoms with E-state index in [1.165, 1.54) is 0 Å². The van der Waals surface area contributed by atoms with Crippen LogP contribution in [-0.4, -0.2) is 48.4 Å². The minimum absolute atomic E-state index is 0.0815. The Morgan fingerprint density at radius 2 is 2.11 bits per heavy atom. The van der Waals surface area contributed by atoms with E-state index in [1.807, 2.05) is 0 Å². The lowest BCUT2D eigenvalue weighted by Gasteiger charge is -2.12. The van der Waals surface area contributed by atoms with Crippen LogP contribution in [-0.2, 0) is 9.63 Å². The normalized spacial score (nSPS) is 13.7. The summed E-state index contributed by atoms with van der Waals surface area (Å²) in [4.78, 5) is 25.5. The zero-order chi connectivity index (χ0) is 14.0. The Morgan fingerprint density at radius 1 is 1.44 bits per heavy atom. The summed E-state index contributed by atoms with van der Waals surface area (Å²) in [6.07, 6.45) is -0.118. The first-order valence-corrected chi connectivity index (χ1v) is 5.87. The van der Waals surface area contributed by atoms with Crippen molar-refractivity contribution in [1.29, 1.82) is 0 Å². The van der Waals surface area contributed by atoms with Crippen LogP contribution in [0.25, 0.3) is 0 Å². The van der Waals surface area contributed by atoms with Crippen molar-refractivity contribution < 1.29 is 19.8 Å². The number of carbonyl (C=O) groups excluding carboxylic acids is 1. The summed E-state index contributed by atoms with van der Waals surface area (Å²) in [7, 11) is 0. The number of aliphatic hydroxyl groups is 1. The molecule has 0 aromatic carbocycles. The second-order valence-corrected chi connectivity index (χ2v) is 4.09. The van der Waals surface area contributed by atoms with Gasteiger partial charge in [0.1, 0.15) is 0 Å². The topological polar surface area (TPSA) is 114 Å². The van der Waals surface area contributed by atoms with Gasteiger partial charge in [0.15, 0.2) is 0 Å². The number of hydrogen-bond donors (Lipinski definition) is 3. The van der Waals surface area contributed by atoms with E-state index < -0.39 is 11.2 Å². The molecule has 8 heteroatoms. The molecule has 0 saturated carbocycles. The molecule has 0 aliphatic carbocycles. The highest BCUT2D eigenvalue weighted by Crippen LogP contribution is 2.01. The van der Waals surface area contributed by atoms with E-state index in [0.29, 0.717) is 26.1 Å². The molecule has 0 aromatic rings. The summed E-state index contributed by atoms with van der Waals surface area (Å²) in [5.74, 6) is -0.498. The largest absolute Gasteiger partial charge is 0.392 e. The molecule has 3 N–H and O–H groups in total. The fraction of sp³-hybridized carbons (Fsp3) is 0.900. The van der Waals surface area contributed by atoms with Gasteiger partial charge in [0.2, 0.25) is 5.91 Å². The van der Waals surface area contributed by atoms with Crippen LogP contribution in [0.3, 0.4) is 0 Å². The highest BCUT2D eigenvalue weighted by atomic mass is 16.9. The lowest BCUT2D eigenvalue weighted by molar-refractivity contribution is -0.758. The molecule has 2 atom stereocenters. The summed E-state index contributed by atoms with van der Waals surface area (Å²) in [6.45, 7) is 4.76. The van der Waals surface area contributed by atoms with Crippen molar-refractivity contribution in [3.63, 3.8) is 0 Å². The first kappa shape index (κ1) is 16.6. The predicted octanol–water partition coefficient (Wildman–Crippen LogP) is -0.692. The lowest BCUT2D eigenvalue weighted by atomic mass is 10.1. The van der Waals surface area contributed by atoms with E-state index in [9.17, 15) is 14.9 Å². The van der Waals surface area contributed by atoms with Crippen LogP contribution in [0.1, 0.15) is 20.3 Å². The molecule has 0 rings (SSSR count). The molecule has 0 spiro atoms. The lowest BCUT2D eigenvalue weighted by Crippen LogP contribution is -2.37. The van der Waals surface area contributed by atoms with Gasteiger partial charge in [0, 0.05) is 25.6 Å². The molecule has 2 unspecified atom stereocenters. The zero-order valence-electron chi connectivity index (χ0n) is 10.7. The van der Waals surface area contributed by atoms with Crippen molar-refractivity contribution in [2.75, 3.05) is 26.2 Å². The minimum Gasteiger partial charge on any atom is -0.392 e. The first-order valence-electron chi connectivity index (χ1n) is 5.87. The maximum atomic E-state index is 11.5. The molecular formula is C10H21N3O5. The van der Waals surface area contributed by atoms with Gasteiger partial charge in [-0.3, -0.25) is 4.79 Å². The Morgan fingerprint density at radius 3 is 2.67 bits per heavy atom. The second-order valence-electron chi connectivity index (χ2n) is 4.09. The Balaban J connectivity index is 3.53. The highest BCUT2D eigenvalue weighted by Gasteiger charge is 2.12. The molecule has 0 saturated heterocycles. The average Bonchev–Trinajstić information content (AvgIpc) is 2.27. The Kier molecular flexibility index (Phi) is 8.85. The average molecular weight is 263 g/mol. The van der Waals surface area contributed by atoms with Crippen molar-refractivity contribution in [1.82, 2.24) is 10.6 Å². The molecule has 0 bridgehead atoms. The van der Waals surface area contributed by atoms with Crippen molar-refractivity contribution >= 4 is 5.91 Å². The molecule has 8 nitrogen and oxygen atoms in total. The molecule has 0 heterocycles. The van der Waals surface area contributed by atoms with Gasteiger partial charge in [-0.2, -0.15) is 0 Å². The van der Waals surface area contributed by atoms with E-state index in [4.69, 9.17) is 5.11 Å². The third-order valence-electron chi connectivity index (χ3n) is 2.24. The fourth-order valence-electron chi connectivity index (χ4n) is 1.19. The molecule has 0 fully saturated rings. The highest BCUT2D eigenvalue weighted by molar-refractivity contribution is 5.78. The van der Waals surface area contributed by atoms with Crippen molar-refractivity contribution in [2.45, 2.75) is 26.4 Å². The van der Waals surface area contributed by atoms with E-state index in [-0.39, 0.29) is 18.4 Å². The first-order chi connectivity index (χ1) is 8.43. The molecule has 1 amide bonds. The van der Waals surface area contributed by atoms with Gasteiger partial charge < -0.3 is 20.6 Å². The van der Waals surface area contributed by atoms with Crippen LogP contribution in [0.4, 0.5) is 0 Å². The SMILES string of the molecule is CC(O)CNCCNC(=O)C(C)CCO[N+](=O)[O-]. The predicted molar refractivity (Wildman–Crippen MR) is 64.3 cm³/mol. The number of aliphatic hydroxyl groups excluding tert-OH is 1. The third-order valence-corrected chi connectivity index (χ3v) is 2.24. The maximum absolute atomic E-state index is 11.5. The summed E-state index contributed by atoms with van der Waals surface area (Å²) in [5, 5.41) is 23.6. The molecule has 0 aliphatic rings. The maximum Gasteiger partial charge on any atom is 0.294 e. The van der Waals surface area contributed by atoms with Gasteiger partial charge in [-0.05, 0) is 13.3 Å². The van der Waals surface area contributed by atoms with Crippen molar-refractivity contribution in [3.05, 3.63) is 10.1 Å². The number of nitrogens with zero attached hydrogens (tertiary/aromatic N) is 1. The van der Waals surface area contributed by atoms with E-state index in [2.05, 4.69) is 15.5 Å². The van der Waals surface area contributed by atoms with Gasteiger partial charge >= 0.3 is 0 Å². The Labute approximate surface area is 106 Å². The van der Waals surface area contributed by atoms with E-state index in [1.54, 1.807) is 13.8 Å².